The van der Waals surface area contributed by atoms with Gasteiger partial charge in [0.05, 0.1) is 12.6 Å². The Hall–Kier alpha value is -2.39. The van der Waals surface area contributed by atoms with Crippen molar-refractivity contribution in [2.75, 3.05) is 26.2 Å². The van der Waals surface area contributed by atoms with E-state index in [2.05, 4.69) is 9.47 Å². The molecule has 1 unspecified atom stereocenters. The van der Waals surface area contributed by atoms with Gasteiger partial charge < -0.3 is 14.2 Å². The normalized spacial score (nSPS) is 20.7. The Morgan fingerprint density at radius 3 is 2.63 bits per heavy atom. The molecule has 0 amide bonds. The first-order valence-electron chi connectivity index (χ1n) is 11.1. The third kappa shape index (κ3) is 3.20. The number of piperidine rings is 1. The lowest BCUT2D eigenvalue weighted by Gasteiger charge is -2.26. The molecular weight excluding hydrogens is 384 g/mol. The number of aryl methyl sites for hydroxylation is 2. The third-order valence-electron chi connectivity index (χ3n) is 6.64. The molecule has 0 saturated carbocycles. The van der Waals surface area contributed by atoms with Gasteiger partial charge in [-0.15, -0.1) is 0 Å². The second-order valence-electron chi connectivity index (χ2n) is 8.67. The first kappa shape index (κ1) is 19.6. The SMILES string of the molecule is Cc1cn2c3c(=O)n(CCN4CCCCC4)c(=O)n(C)c3nc2n1CC1CCCO1. The van der Waals surface area contributed by atoms with Gasteiger partial charge in [-0.2, -0.15) is 4.98 Å². The molecule has 2 aliphatic heterocycles. The van der Waals surface area contributed by atoms with Crippen LogP contribution in [0.25, 0.3) is 16.9 Å². The van der Waals surface area contributed by atoms with Crippen molar-refractivity contribution < 1.29 is 4.74 Å². The van der Waals surface area contributed by atoms with Crippen molar-refractivity contribution in [2.45, 2.75) is 58.2 Å². The van der Waals surface area contributed by atoms with Gasteiger partial charge in [-0.25, -0.2) is 4.79 Å². The average Bonchev–Trinajstić information content (AvgIpc) is 3.45. The van der Waals surface area contributed by atoms with Crippen LogP contribution in [0.3, 0.4) is 0 Å². The highest BCUT2D eigenvalue weighted by atomic mass is 16.5. The largest absolute Gasteiger partial charge is 0.376 e. The van der Waals surface area contributed by atoms with Crippen molar-refractivity contribution >= 4 is 16.9 Å². The first-order chi connectivity index (χ1) is 14.5. The van der Waals surface area contributed by atoms with E-state index in [0.29, 0.717) is 30.0 Å². The molecule has 2 aliphatic rings. The van der Waals surface area contributed by atoms with Crippen LogP contribution in [0.5, 0.6) is 0 Å². The van der Waals surface area contributed by atoms with Crippen LogP contribution in [-0.2, 0) is 24.9 Å². The predicted octanol–water partition coefficient (Wildman–Crippen LogP) is 1.12. The Labute approximate surface area is 174 Å². The number of rotatable bonds is 5. The number of imidazole rings is 2. The fourth-order valence-corrected chi connectivity index (χ4v) is 4.89. The zero-order chi connectivity index (χ0) is 20.8. The van der Waals surface area contributed by atoms with E-state index in [1.54, 1.807) is 7.05 Å². The predicted molar refractivity (Wildman–Crippen MR) is 114 cm³/mol. The summed E-state index contributed by atoms with van der Waals surface area (Å²) < 4.78 is 12.6. The minimum atomic E-state index is -0.298. The maximum absolute atomic E-state index is 13.4. The Kier molecular flexibility index (Phi) is 5.02. The number of hydrogen-bond donors (Lipinski definition) is 0. The monoisotopic (exact) mass is 414 g/mol. The summed E-state index contributed by atoms with van der Waals surface area (Å²) in [5.74, 6) is 0.693. The Bertz CT molecular complexity index is 1190. The molecule has 0 radical (unpaired) electrons. The topological polar surface area (TPSA) is 78.7 Å². The zero-order valence-corrected chi connectivity index (χ0v) is 17.8. The van der Waals surface area contributed by atoms with E-state index in [-0.39, 0.29) is 17.4 Å². The molecule has 0 spiro atoms. The van der Waals surface area contributed by atoms with Crippen molar-refractivity contribution in [3.63, 3.8) is 0 Å². The summed E-state index contributed by atoms with van der Waals surface area (Å²) in [6.07, 6.45) is 7.87. The van der Waals surface area contributed by atoms with Crippen molar-refractivity contribution in [2.24, 2.45) is 7.05 Å². The minimum Gasteiger partial charge on any atom is -0.376 e. The number of ether oxygens (including phenoxy) is 1. The van der Waals surface area contributed by atoms with Gasteiger partial charge in [-0.05, 0) is 45.7 Å². The molecule has 5 rings (SSSR count). The van der Waals surface area contributed by atoms with Crippen LogP contribution in [0.2, 0.25) is 0 Å². The number of likely N-dealkylation sites (tertiary alicyclic amines) is 1. The molecule has 30 heavy (non-hydrogen) atoms. The van der Waals surface area contributed by atoms with Gasteiger partial charge in [0, 0.05) is 38.6 Å². The van der Waals surface area contributed by atoms with E-state index in [9.17, 15) is 9.59 Å². The maximum atomic E-state index is 13.4. The quantitative estimate of drug-likeness (QED) is 0.625. The summed E-state index contributed by atoms with van der Waals surface area (Å²) in [5.41, 5.74) is 1.39. The van der Waals surface area contributed by atoms with Crippen LogP contribution in [0.4, 0.5) is 0 Å². The number of aromatic nitrogens is 5. The molecule has 9 heteroatoms. The third-order valence-corrected chi connectivity index (χ3v) is 6.64. The van der Waals surface area contributed by atoms with Gasteiger partial charge in [0.1, 0.15) is 0 Å². The van der Waals surface area contributed by atoms with Gasteiger partial charge in [-0.3, -0.25) is 18.3 Å². The molecule has 3 aromatic heterocycles. The molecule has 1 atom stereocenters. The smallest absolute Gasteiger partial charge is 0.332 e. The number of fused-ring (bicyclic) bond motifs is 3. The molecule has 162 valence electrons. The fraction of sp³-hybridized carbons (Fsp3) is 0.667. The van der Waals surface area contributed by atoms with E-state index >= 15 is 0 Å². The Morgan fingerprint density at radius 2 is 1.90 bits per heavy atom. The second kappa shape index (κ2) is 7.70. The highest BCUT2D eigenvalue weighted by Crippen LogP contribution is 2.20. The first-order valence-corrected chi connectivity index (χ1v) is 11.1. The van der Waals surface area contributed by atoms with Crippen molar-refractivity contribution in [1.82, 2.24) is 28.0 Å². The summed E-state index contributed by atoms with van der Waals surface area (Å²) in [5, 5.41) is 0. The van der Waals surface area contributed by atoms with E-state index in [1.807, 2.05) is 17.5 Å². The Balaban J connectivity index is 1.57. The van der Waals surface area contributed by atoms with E-state index < -0.39 is 0 Å². The van der Waals surface area contributed by atoms with Gasteiger partial charge >= 0.3 is 5.69 Å². The summed E-state index contributed by atoms with van der Waals surface area (Å²) in [6, 6.07) is 0. The second-order valence-corrected chi connectivity index (χ2v) is 8.67. The number of hydrogen-bond acceptors (Lipinski definition) is 5. The average molecular weight is 415 g/mol. The molecule has 2 fully saturated rings. The number of nitrogens with zero attached hydrogens (tertiary/aromatic N) is 6. The minimum absolute atomic E-state index is 0.171. The molecule has 0 aromatic carbocycles. The lowest BCUT2D eigenvalue weighted by atomic mass is 10.1. The highest BCUT2D eigenvalue weighted by molar-refractivity contribution is 5.75. The Morgan fingerprint density at radius 1 is 1.10 bits per heavy atom. The standard InChI is InChI=1S/C21H30N6O3/c1-15-13-27-17-18(22-20(27)26(15)14-16-7-6-12-30-16)23(2)21(29)25(19(17)28)11-10-24-8-4-3-5-9-24/h13,16H,3-12,14H2,1-2H3. The highest BCUT2D eigenvalue weighted by Gasteiger charge is 2.23. The molecule has 5 heterocycles. The van der Waals surface area contributed by atoms with Crippen LogP contribution in [0, 0.1) is 6.92 Å². The van der Waals surface area contributed by atoms with Gasteiger partial charge in [0.2, 0.25) is 5.78 Å². The molecule has 2 saturated heterocycles. The molecule has 0 N–H and O–H groups in total. The summed E-state index contributed by atoms with van der Waals surface area (Å²) in [4.78, 5) is 33.3. The molecule has 3 aromatic rings. The van der Waals surface area contributed by atoms with Gasteiger partial charge in [-0.1, -0.05) is 6.42 Å². The van der Waals surface area contributed by atoms with Crippen LogP contribution >= 0.6 is 0 Å². The van der Waals surface area contributed by atoms with E-state index in [1.165, 1.54) is 28.4 Å². The lowest BCUT2D eigenvalue weighted by Crippen LogP contribution is -2.43. The molecule has 9 nitrogen and oxygen atoms in total. The van der Waals surface area contributed by atoms with Gasteiger partial charge in [0.25, 0.3) is 5.56 Å². The van der Waals surface area contributed by atoms with Gasteiger partial charge in [0.15, 0.2) is 11.2 Å². The fourth-order valence-electron chi connectivity index (χ4n) is 4.89. The molecular formula is C21H30N6O3. The van der Waals surface area contributed by atoms with Crippen LogP contribution in [0.15, 0.2) is 15.8 Å². The van der Waals surface area contributed by atoms with E-state index in [4.69, 9.17) is 9.72 Å². The zero-order valence-electron chi connectivity index (χ0n) is 17.8. The van der Waals surface area contributed by atoms with E-state index in [0.717, 1.165) is 44.8 Å². The van der Waals surface area contributed by atoms with Crippen LogP contribution in [0.1, 0.15) is 37.8 Å². The van der Waals surface area contributed by atoms with Crippen LogP contribution in [-0.4, -0.2) is 60.3 Å². The maximum Gasteiger partial charge on any atom is 0.332 e. The van der Waals surface area contributed by atoms with Crippen LogP contribution < -0.4 is 11.2 Å². The lowest BCUT2D eigenvalue weighted by molar-refractivity contribution is 0.0974. The van der Waals surface area contributed by atoms with Crippen molar-refractivity contribution in [3.05, 3.63) is 32.7 Å². The summed E-state index contributed by atoms with van der Waals surface area (Å²) in [6.45, 7) is 6.74. The summed E-state index contributed by atoms with van der Waals surface area (Å²) in [7, 11) is 1.70. The molecule has 0 bridgehead atoms. The van der Waals surface area contributed by atoms with Crippen molar-refractivity contribution in [1.29, 1.82) is 0 Å². The van der Waals surface area contributed by atoms with Crippen molar-refractivity contribution in [3.8, 4) is 0 Å². The summed E-state index contributed by atoms with van der Waals surface area (Å²) >= 11 is 0. The molecule has 0 aliphatic carbocycles.